The zero-order chi connectivity index (χ0) is 8.41. The minimum absolute atomic E-state index is 1.05. The Morgan fingerprint density at radius 2 is 1.90 bits per heavy atom. The van der Waals surface area contributed by atoms with Crippen molar-refractivity contribution in [1.82, 2.24) is 0 Å². The van der Waals surface area contributed by atoms with E-state index < -0.39 is 0 Å². The highest BCUT2D eigenvalue weighted by atomic mass is 14.5. The van der Waals surface area contributed by atoms with E-state index in [-0.39, 0.29) is 0 Å². The fraction of sp³-hybridized carbons (Fsp3) is 0.333. The lowest BCUT2D eigenvalue weighted by Crippen LogP contribution is -1.79. The van der Waals surface area contributed by atoms with E-state index in [1.165, 1.54) is 0 Å². The molecule has 0 aromatic carbocycles. The smallest absolute Gasteiger partial charge is 0.00325 e. The van der Waals surface area contributed by atoms with Gasteiger partial charge >= 0.3 is 0 Å². The zero-order valence-corrected chi connectivity index (χ0v) is 7.09. The highest BCUT2D eigenvalue weighted by Crippen LogP contribution is 1.89. The van der Waals surface area contributed by atoms with Crippen LogP contribution >= 0.6 is 0 Å². The Hall–Kier alpha value is -0.980. The first-order valence-corrected chi connectivity index (χ1v) is 3.49. The van der Waals surface area contributed by atoms with Crippen LogP contribution in [0.1, 0.15) is 20.8 Å². The minimum atomic E-state index is 1.05. The van der Waals surface area contributed by atoms with Crippen molar-refractivity contribution in [2.45, 2.75) is 20.8 Å². The maximum absolute atomic E-state index is 5.17. The molecule has 58 valence electrons. The summed E-state index contributed by atoms with van der Waals surface area (Å²) < 4.78 is 0. The van der Waals surface area contributed by atoms with Crippen molar-refractivity contribution >= 4 is 0 Å². The summed E-state index contributed by atoms with van der Waals surface area (Å²) >= 11 is 0. The number of rotatable bonds is 2. The molecule has 0 atom stereocenters. The molecule has 0 heterocycles. The molecule has 0 saturated carbocycles. The van der Waals surface area contributed by atoms with E-state index in [1.807, 2.05) is 32.9 Å². The molecule has 10 heavy (non-hydrogen) atoms. The molecule has 0 bridgehead atoms. The number of hydrogen-bond acceptors (Lipinski definition) is 1. The van der Waals surface area contributed by atoms with Crippen molar-refractivity contribution in [3.05, 3.63) is 36.6 Å². The van der Waals surface area contributed by atoms with Gasteiger partial charge in [0.25, 0.3) is 0 Å². The van der Waals surface area contributed by atoms with Gasteiger partial charge in [-0.05, 0) is 18.7 Å². The summed E-state index contributed by atoms with van der Waals surface area (Å²) in [7, 11) is 0. The van der Waals surface area contributed by atoms with Crippen LogP contribution in [0.3, 0.4) is 0 Å². The first kappa shape index (κ1) is 11.8. The summed E-state index contributed by atoms with van der Waals surface area (Å²) in [5.74, 6) is 0. The van der Waals surface area contributed by atoms with E-state index >= 15 is 0 Å². The normalized spacial score (nSPS) is 10.5. The van der Waals surface area contributed by atoms with Crippen molar-refractivity contribution < 1.29 is 0 Å². The summed E-state index contributed by atoms with van der Waals surface area (Å²) in [5, 5.41) is 0. The maximum atomic E-state index is 5.17. The molecule has 0 aromatic rings. The van der Waals surface area contributed by atoms with Crippen LogP contribution in [0, 0.1) is 0 Å². The molecule has 1 nitrogen and oxygen atoms in total. The van der Waals surface area contributed by atoms with E-state index in [4.69, 9.17) is 5.73 Å². The predicted octanol–water partition coefficient (Wildman–Crippen LogP) is 2.62. The van der Waals surface area contributed by atoms with Crippen molar-refractivity contribution in [3.63, 3.8) is 0 Å². The van der Waals surface area contributed by atoms with Crippen molar-refractivity contribution in [2.75, 3.05) is 0 Å². The summed E-state index contributed by atoms with van der Waals surface area (Å²) in [6.07, 6.45) is 7.01. The van der Waals surface area contributed by atoms with Gasteiger partial charge in [0.1, 0.15) is 0 Å². The molecule has 0 aromatic heterocycles. The summed E-state index contributed by atoms with van der Waals surface area (Å²) in [5.41, 5.74) is 6.21. The molecule has 0 aliphatic heterocycles. The number of nitrogens with two attached hydrogens (primary N) is 1. The van der Waals surface area contributed by atoms with Gasteiger partial charge in [-0.1, -0.05) is 38.7 Å². The maximum Gasteiger partial charge on any atom is -0.00325 e. The fourth-order valence-corrected chi connectivity index (χ4v) is 0.275. The largest absolute Gasteiger partial charge is 0.404 e. The Kier molecular flexibility index (Phi) is 12.8. The molecule has 0 radical (unpaired) electrons. The van der Waals surface area contributed by atoms with E-state index in [1.54, 1.807) is 12.3 Å². The van der Waals surface area contributed by atoms with Gasteiger partial charge in [-0.25, -0.2) is 0 Å². The van der Waals surface area contributed by atoms with Crippen LogP contribution in [-0.4, -0.2) is 0 Å². The quantitative estimate of drug-likeness (QED) is 0.585. The molecule has 0 unspecified atom stereocenters. The number of hydrogen-bond donors (Lipinski definition) is 1. The lowest BCUT2D eigenvalue weighted by molar-refractivity contribution is 1.43. The molecular weight excluding hydrogens is 122 g/mol. The molecule has 0 amide bonds. The van der Waals surface area contributed by atoms with Gasteiger partial charge in [-0.3, -0.25) is 0 Å². The Morgan fingerprint density at radius 1 is 1.40 bits per heavy atom. The van der Waals surface area contributed by atoms with Crippen LogP contribution in [0.15, 0.2) is 36.6 Å². The highest BCUT2D eigenvalue weighted by Gasteiger charge is 1.71. The number of allylic oxidation sites excluding steroid dienone is 4. The lowest BCUT2D eigenvalue weighted by Gasteiger charge is -1.82. The zero-order valence-electron chi connectivity index (χ0n) is 7.09. The average Bonchev–Trinajstić information content (AvgIpc) is 2.04. The summed E-state index contributed by atoms with van der Waals surface area (Å²) in [6, 6.07) is 0. The van der Waals surface area contributed by atoms with Gasteiger partial charge in [-0.15, -0.1) is 0 Å². The van der Waals surface area contributed by atoms with Crippen molar-refractivity contribution in [2.24, 2.45) is 5.73 Å². The summed E-state index contributed by atoms with van der Waals surface area (Å²) in [4.78, 5) is 0. The fourth-order valence-electron chi connectivity index (χ4n) is 0.275. The van der Waals surface area contributed by atoms with Gasteiger partial charge in [0, 0.05) is 0 Å². The first-order valence-electron chi connectivity index (χ1n) is 3.49. The van der Waals surface area contributed by atoms with Crippen LogP contribution in [-0.2, 0) is 0 Å². The Balaban J connectivity index is 0. The lowest BCUT2D eigenvalue weighted by atomic mass is 10.3. The van der Waals surface area contributed by atoms with Gasteiger partial charge in [-0.2, -0.15) is 0 Å². The topological polar surface area (TPSA) is 26.0 Å². The van der Waals surface area contributed by atoms with Gasteiger partial charge in [0.05, 0.1) is 0 Å². The van der Waals surface area contributed by atoms with E-state index in [9.17, 15) is 0 Å². The molecule has 0 spiro atoms. The molecule has 0 aliphatic rings. The SMILES string of the molecule is C=C/C=C\C(C)=C/N.CC. The Bertz CT molecular complexity index is 121. The van der Waals surface area contributed by atoms with Gasteiger partial charge < -0.3 is 5.73 Å². The third-order valence-corrected chi connectivity index (χ3v) is 0.758. The second-order valence-corrected chi connectivity index (χ2v) is 1.51. The molecule has 0 rings (SSSR count). The molecule has 0 aliphatic carbocycles. The van der Waals surface area contributed by atoms with E-state index in [0.29, 0.717) is 0 Å². The van der Waals surface area contributed by atoms with Gasteiger partial charge in [0.2, 0.25) is 0 Å². The molecule has 2 N–H and O–H groups in total. The highest BCUT2D eigenvalue weighted by molar-refractivity contribution is 5.17. The van der Waals surface area contributed by atoms with Crippen molar-refractivity contribution in [1.29, 1.82) is 0 Å². The predicted molar refractivity (Wildman–Crippen MR) is 48.6 cm³/mol. The van der Waals surface area contributed by atoms with Crippen LogP contribution < -0.4 is 5.73 Å². The third kappa shape index (κ3) is 10.1. The molecule has 0 saturated heterocycles. The first-order chi connectivity index (χ1) is 4.81. The van der Waals surface area contributed by atoms with Crippen molar-refractivity contribution in [3.8, 4) is 0 Å². The van der Waals surface area contributed by atoms with Crippen LogP contribution in [0.2, 0.25) is 0 Å². The summed E-state index contributed by atoms with van der Waals surface area (Å²) in [6.45, 7) is 9.44. The standard InChI is InChI=1S/C7H11N.C2H6/c1-3-4-5-7(2)6-8;1-2/h3-6H,1,8H2,2H3;1-2H3/b5-4-,7-6-;. The third-order valence-electron chi connectivity index (χ3n) is 0.758. The molecular formula is C9H17N. The second kappa shape index (κ2) is 10.9. The molecule has 0 fully saturated rings. The van der Waals surface area contributed by atoms with E-state index in [2.05, 4.69) is 6.58 Å². The van der Waals surface area contributed by atoms with Gasteiger partial charge in [0.15, 0.2) is 0 Å². The van der Waals surface area contributed by atoms with Crippen LogP contribution in [0.25, 0.3) is 0 Å². The monoisotopic (exact) mass is 139 g/mol. The second-order valence-electron chi connectivity index (χ2n) is 1.51. The van der Waals surface area contributed by atoms with Crippen LogP contribution in [0.4, 0.5) is 0 Å². The minimum Gasteiger partial charge on any atom is -0.404 e. The van der Waals surface area contributed by atoms with E-state index in [0.717, 1.165) is 5.57 Å². The Morgan fingerprint density at radius 3 is 2.20 bits per heavy atom. The van der Waals surface area contributed by atoms with Crippen LogP contribution in [0.5, 0.6) is 0 Å². The Labute approximate surface area is 63.9 Å². The average molecular weight is 139 g/mol. The molecule has 1 heteroatoms.